The second-order valence-electron chi connectivity index (χ2n) is 8.20. The fourth-order valence-corrected chi connectivity index (χ4v) is 5.83. The monoisotopic (exact) mass is 416 g/mol. The number of methoxy groups -OCH3 is 1. The molecule has 1 aliphatic heterocycles. The molecular formula is C23H32N2O3S. The van der Waals surface area contributed by atoms with Crippen molar-refractivity contribution >= 4 is 15.7 Å². The number of nitrogens with zero attached hydrogens (tertiary/aromatic N) is 2. The van der Waals surface area contributed by atoms with Crippen molar-refractivity contribution in [3.8, 4) is 5.75 Å². The fraction of sp³-hybridized carbons (Fsp3) is 0.478. The Kier molecular flexibility index (Phi) is 6.24. The van der Waals surface area contributed by atoms with Crippen LogP contribution in [0.1, 0.15) is 42.0 Å². The smallest absolute Gasteiger partial charge is 0.246 e. The molecule has 0 unspecified atom stereocenters. The van der Waals surface area contributed by atoms with Crippen LogP contribution in [0, 0.1) is 20.8 Å². The van der Waals surface area contributed by atoms with Gasteiger partial charge in [-0.05, 0) is 55.5 Å². The lowest BCUT2D eigenvalue weighted by Gasteiger charge is -2.37. The molecule has 1 saturated heterocycles. The Morgan fingerprint density at radius 3 is 2.03 bits per heavy atom. The van der Waals surface area contributed by atoms with Gasteiger partial charge in [0, 0.05) is 31.9 Å². The molecule has 158 valence electrons. The molecule has 5 nitrogen and oxygen atoms in total. The molecule has 29 heavy (non-hydrogen) atoms. The van der Waals surface area contributed by atoms with Crippen LogP contribution in [-0.4, -0.2) is 46.0 Å². The quantitative estimate of drug-likeness (QED) is 0.731. The minimum Gasteiger partial charge on any atom is -0.495 e. The topological polar surface area (TPSA) is 49.9 Å². The summed E-state index contributed by atoms with van der Waals surface area (Å²) in [5.74, 6) is 0.654. The van der Waals surface area contributed by atoms with Crippen LogP contribution in [0.4, 0.5) is 5.69 Å². The molecule has 6 heteroatoms. The van der Waals surface area contributed by atoms with Crippen LogP contribution in [-0.2, 0) is 10.0 Å². The molecular weight excluding hydrogens is 384 g/mol. The zero-order chi connectivity index (χ0) is 21.3. The van der Waals surface area contributed by atoms with Gasteiger partial charge in [0.15, 0.2) is 0 Å². The SMILES string of the molecule is COc1ccc(C(C)C)cc1S(=O)(=O)N1CCN(c2c(C)cc(C)cc2C)CC1. The summed E-state index contributed by atoms with van der Waals surface area (Å²) in [6.45, 7) is 12.8. The number of piperazine rings is 1. The van der Waals surface area contributed by atoms with Gasteiger partial charge in [-0.3, -0.25) is 0 Å². The molecule has 0 amide bonds. The third kappa shape index (κ3) is 4.28. The summed E-state index contributed by atoms with van der Waals surface area (Å²) in [5, 5.41) is 0. The molecule has 0 atom stereocenters. The zero-order valence-corrected chi connectivity index (χ0v) is 19.1. The summed E-state index contributed by atoms with van der Waals surface area (Å²) in [6, 6.07) is 9.84. The lowest BCUT2D eigenvalue weighted by molar-refractivity contribution is 0.374. The first-order valence-electron chi connectivity index (χ1n) is 10.2. The Hall–Kier alpha value is -2.05. The van der Waals surface area contributed by atoms with E-state index in [1.165, 1.54) is 29.5 Å². The highest BCUT2D eigenvalue weighted by Gasteiger charge is 2.32. The molecule has 0 bridgehead atoms. The molecule has 0 N–H and O–H groups in total. The van der Waals surface area contributed by atoms with E-state index in [2.05, 4.69) is 51.7 Å². The van der Waals surface area contributed by atoms with Gasteiger partial charge >= 0.3 is 0 Å². The van der Waals surface area contributed by atoms with E-state index in [0.717, 1.165) is 5.56 Å². The number of aryl methyl sites for hydroxylation is 3. The summed E-state index contributed by atoms with van der Waals surface area (Å²) in [5.41, 5.74) is 5.96. The number of benzene rings is 2. The van der Waals surface area contributed by atoms with Gasteiger partial charge < -0.3 is 9.64 Å². The van der Waals surface area contributed by atoms with Crippen molar-refractivity contribution < 1.29 is 13.2 Å². The van der Waals surface area contributed by atoms with Crippen molar-refractivity contribution in [3.05, 3.63) is 52.6 Å². The lowest BCUT2D eigenvalue weighted by atomic mass is 10.0. The molecule has 3 rings (SSSR count). The summed E-state index contributed by atoms with van der Waals surface area (Å²) >= 11 is 0. The second kappa shape index (κ2) is 8.36. The highest BCUT2D eigenvalue weighted by molar-refractivity contribution is 7.89. The van der Waals surface area contributed by atoms with Crippen LogP contribution < -0.4 is 9.64 Å². The molecule has 2 aromatic rings. The van der Waals surface area contributed by atoms with Gasteiger partial charge in [0.2, 0.25) is 10.0 Å². The predicted octanol–water partition coefficient (Wildman–Crippen LogP) is 4.25. The van der Waals surface area contributed by atoms with Gasteiger partial charge in [0.25, 0.3) is 0 Å². The Bertz CT molecular complexity index is 968. The number of anilines is 1. The van der Waals surface area contributed by atoms with Crippen LogP contribution in [0.15, 0.2) is 35.2 Å². The van der Waals surface area contributed by atoms with Crippen LogP contribution in [0.2, 0.25) is 0 Å². The largest absolute Gasteiger partial charge is 0.495 e. The van der Waals surface area contributed by atoms with E-state index in [9.17, 15) is 8.42 Å². The molecule has 0 radical (unpaired) electrons. The minimum atomic E-state index is -3.61. The average molecular weight is 417 g/mol. The molecule has 0 saturated carbocycles. The lowest BCUT2D eigenvalue weighted by Crippen LogP contribution is -2.49. The van der Waals surface area contributed by atoms with E-state index in [1.807, 2.05) is 6.07 Å². The third-order valence-electron chi connectivity index (χ3n) is 5.66. The van der Waals surface area contributed by atoms with Crippen molar-refractivity contribution in [3.63, 3.8) is 0 Å². The van der Waals surface area contributed by atoms with Crippen LogP contribution >= 0.6 is 0 Å². The van der Waals surface area contributed by atoms with Gasteiger partial charge in [-0.1, -0.05) is 37.6 Å². The highest BCUT2D eigenvalue weighted by Crippen LogP contribution is 2.32. The maximum absolute atomic E-state index is 13.4. The van der Waals surface area contributed by atoms with Gasteiger partial charge in [-0.25, -0.2) is 8.42 Å². The number of rotatable bonds is 5. The number of ether oxygens (including phenoxy) is 1. The molecule has 2 aromatic carbocycles. The van der Waals surface area contributed by atoms with Gasteiger partial charge in [0.1, 0.15) is 10.6 Å². The minimum absolute atomic E-state index is 0.249. The Morgan fingerprint density at radius 1 is 0.931 bits per heavy atom. The fourth-order valence-electron chi connectivity index (χ4n) is 4.22. The Morgan fingerprint density at radius 2 is 1.52 bits per heavy atom. The molecule has 0 aromatic heterocycles. The molecule has 0 aliphatic carbocycles. The molecule has 0 spiro atoms. The highest BCUT2D eigenvalue weighted by atomic mass is 32.2. The van der Waals surface area contributed by atoms with Crippen LogP contribution in [0.5, 0.6) is 5.75 Å². The van der Waals surface area contributed by atoms with E-state index in [4.69, 9.17) is 4.74 Å². The third-order valence-corrected chi connectivity index (χ3v) is 7.58. The van der Waals surface area contributed by atoms with E-state index in [0.29, 0.717) is 31.9 Å². The zero-order valence-electron chi connectivity index (χ0n) is 18.3. The summed E-state index contributed by atoms with van der Waals surface area (Å²) in [6.07, 6.45) is 0. The molecule has 1 aliphatic rings. The Labute approximate surface area is 175 Å². The molecule has 1 heterocycles. The van der Waals surface area contributed by atoms with Crippen molar-refractivity contribution in [2.24, 2.45) is 0 Å². The first-order chi connectivity index (χ1) is 13.6. The van der Waals surface area contributed by atoms with Crippen molar-refractivity contribution in [1.82, 2.24) is 4.31 Å². The number of hydrogen-bond donors (Lipinski definition) is 0. The van der Waals surface area contributed by atoms with Gasteiger partial charge in [0.05, 0.1) is 7.11 Å². The predicted molar refractivity (Wildman–Crippen MR) is 119 cm³/mol. The standard InChI is InChI=1S/C23H32N2O3S/c1-16(2)20-7-8-21(28-6)22(15-20)29(26,27)25-11-9-24(10-12-25)23-18(4)13-17(3)14-19(23)5/h7-8,13-16H,9-12H2,1-6H3. The Balaban J connectivity index is 1.85. The van der Waals surface area contributed by atoms with Crippen LogP contribution in [0.3, 0.4) is 0 Å². The van der Waals surface area contributed by atoms with E-state index >= 15 is 0 Å². The van der Waals surface area contributed by atoms with Crippen molar-refractivity contribution in [1.29, 1.82) is 0 Å². The van der Waals surface area contributed by atoms with E-state index < -0.39 is 10.0 Å². The van der Waals surface area contributed by atoms with Gasteiger partial charge in [-0.2, -0.15) is 4.31 Å². The maximum Gasteiger partial charge on any atom is 0.246 e. The first-order valence-corrected chi connectivity index (χ1v) is 11.6. The average Bonchev–Trinajstić information content (AvgIpc) is 2.67. The van der Waals surface area contributed by atoms with E-state index in [-0.39, 0.29) is 10.8 Å². The first kappa shape index (κ1) is 21.7. The van der Waals surface area contributed by atoms with E-state index in [1.54, 1.807) is 16.4 Å². The number of sulfonamides is 1. The molecule has 1 fully saturated rings. The van der Waals surface area contributed by atoms with Crippen molar-refractivity contribution in [2.75, 3.05) is 38.2 Å². The summed E-state index contributed by atoms with van der Waals surface area (Å²) < 4.78 is 33.7. The number of hydrogen-bond acceptors (Lipinski definition) is 4. The van der Waals surface area contributed by atoms with Crippen molar-refractivity contribution in [2.45, 2.75) is 45.4 Å². The second-order valence-corrected chi connectivity index (χ2v) is 10.1. The van der Waals surface area contributed by atoms with Crippen LogP contribution in [0.25, 0.3) is 0 Å². The summed E-state index contributed by atoms with van der Waals surface area (Å²) in [7, 11) is -2.09. The maximum atomic E-state index is 13.4. The normalized spacial score (nSPS) is 15.8. The summed E-state index contributed by atoms with van der Waals surface area (Å²) in [4.78, 5) is 2.57. The van der Waals surface area contributed by atoms with Gasteiger partial charge in [-0.15, -0.1) is 0 Å².